The van der Waals surface area contributed by atoms with Crippen LogP contribution in [0.3, 0.4) is 0 Å². The number of hydrogen-bond acceptors (Lipinski definition) is 3. The van der Waals surface area contributed by atoms with Gasteiger partial charge < -0.3 is 4.84 Å². The largest absolute Gasteiger partial charge is 0.366 e. The molecule has 0 aliphatic heterocycles. The summed E-state index contributed by atoms with van der Waals surface area (Å²) in [5.41, 5.74) is 3.29. The number of nitrogens with zero attached hydrogens (tertiary/aromatic N) is 1. The van der Waals surface area contributed by atoms with Gasteiger partial charge in [-0.25, -0.2) is 4.79 Å². The van der Waals surface area contributed by atoms with Crippen molar-refractivity contribution in [3.05, 3.63) is 83.4 Å². The lowest BCUT2D eigenvalue weighted by atomic mass is 10.1. The van der Waals surface area contributed by atoms with Gasteiger partial charge in [0.25, 0.3) is 0 Å². The molecule has 0 saturated heterocycles. The van der Waals surface area contributed by atoms with Crippen LogP contribution in [0.15, 0.2) is 71.9 Å². The van der Waals surface area contributed by atoms with Gasteiger partial charge in [0.05, 0.1) is 11.3 Å². The first-order chi connectivity index (χ1) is 11.1. The Labute approximate surface area is 135 Å². The highest BCUT2D eigenvalue weighted by Gasteiger charge is 2.11. The van der Waals surface area contributed by atoms with Crippen LogP contribution in [0.5, 0.6) is 0 Å². The molecule has 0 atom stereocenters. The Kier molecular flexibility index (Phi) is 4.20. The van der Waals surface area contributed by atoms with E-state index in [0.29, 0.717) is 11.3 Å². The van der Waals surface area contributed by atoms with Gasteiger partial charge in [-0.1, -0.05) is 71.4 Å². The van der Waals surface area contributed by atoms with Crippen molar-refractivity contribution in [2.75, 3.05) is 0 Å². The number of benzene rings is 3. The Balaban J connectivity index is 1.83. The van der Waals surface area contributed by atoms with E-state index in [4.69, 9.17) is 4.84 Å². The molecular formula is C20H17NO2. The number of aryl methyl sites for hydroxylation is 1. The van der Waals surface area contributed by atoms with Crippen LogP contribution in [0.4, 0.5) is 0 Å². The topological polar surface area (TPSA) is 38.7 Å². The minimum atomic E-state index is -0.451. The molecule has 0 heterocycles. The summed E-state index contributed by atoms with van der Waals surface area (Å²) in [5.74, 6) is -0.451. The summed E-state index contributed by atoms with van der Waals surface area (Å²) in [7, 11) is 0. The molecule has 0 bridgehead atoms. The van der Waals surface area contributed by atoms with Gasteiger partial charge >= 0.3 is 5.97 Å². The number of carbonyl (C=O) groups excluding carboxylic acids is 1. The quantitative estimate of drug-likeness (QED) is 0.398. The van der Waals surface area contributed by atoms with Crippen molar-refractivity contribution in [1.82, 2.24) is 0 Å². The van der Waals surface area contributed by atoms with Crippen molar-refractivity contribution in [1.29, 1.82) is 0 Å². The summed E-state index contributed by atoms with van der Waals surface area (Å²) >= 11 is 0. The molecule has 0 saturated carbocycles. The average molecular weight is 303 g/mol. The van der Waals surface area contributed by atoms with Gasteiger partial charge in [0.2, 0.25) is 0 Å². The van der Waals surface area contributed by atoms with E-state index in [0.717, 1.165) is 16.3 Å². The van der Waals surface area contributed by atoms with Gasteiger partial charge in [-0.2, -0.15) is 0 Å². The summed E-state index contributed by atoms with van der Waals surface area (Å²) < 4.78 is 0. The molecule has 0 aliphatic carbocycles. The fraction of sp³-hybridized carbons (Fsp3) is 0.100. The van der Waals surface area contributed by atoms with E-state index < -0.39 is 5.97 Å². The van der Waals surface area contributed by atoms with Crippen LogP contribution in [-0.4, -0.2) is 11.7 Å². The van der Waals surface area contributed by atoms with E-state index in [1.165, 1.54) is 5.56 Å². The van der Waals surface area contributed by atoms with Gasteiger partial charge in [0, 0.05) is 0 Å². The second-order valence-electron chi connectivity index (χ2n) is 5.45. The Morgan fingerprint density at radius 3 is 2.39 bits per heavy atom. The highest BCUT2D eigenvalue weighted by molar-refractivity contribution is 6.05. The Morgan fingerprint density at radius 2 is 1.61 bits per heavy atom. The third-order valence-corrected chi connectivity index (χ3v) is 3.74. The summed E-state index contributed by atoms with van der Waals surface area (Å²) in [5, 5.41) is 5.84. The predicted molar refractivity (Wildman–Crippen MR) is 92.8 cm³/mol. The predicted octanol–water partition coefficient (Wildman–Crippen LogP) is 4.73. The van der Waals surface area contributed by atoms with Gasteiger partial charge in [-0.3, -0.25) is 0 Å². The Bertz CT molecular complexity index is 874. The first-order valence-electron chi connectivity index (χ1n) is 7.46. The molecule has 0 fully saturated rings. The molecule has 3 aromatic carbocycles. The molecule has 3 heteroatoms. The summed E-state index contributed by atoms with van der Waals surface area (Å²) in [6.07, 6.45) is 0. The zero-order valence-electron chi connectivity index (χ0n) is 13.1. The Hall–Kier alpha value is -2.94. The highest BCUT2D eigenvalue weighted by atomic mass is 16.7. The lowest BCUT2D eigenvalue weighted by molar-refractivity contribution is 0.0519. The lowest BCUT2D eigenvalue weighted by Gasteiger charge is -2.05. The third-order valence-electron chi connectivity index (χ3n) is 3.74. The van der Waals surface area contributed by atoms with Crippen LogP contribution in [-0.2, 0) is 4.84 Å². The van der Waals surface area contributed by atoms with Gasteiger partial charge in [0.1, 0.15) is 0 Å². The molecule has 0 amide bonds. The SMILES string of the molecule is C/C(=N/OC(=O)c1cccc2ccccc12)c1ccc(C)cc1. The Morgan fingerprint density at radius 1 is 0.913 bits per heavy atom. The minimum absolute atomic E-state index is 0.451. The molecule has 0 spiro atoms. The molecule has 3 nitrogen and oxygen atoms in total. The number of carbonyl (C=O) groups is 1. The van der Waals surface area contributed by atoms with E-state index in [2.05, 4.69) is 5.16 Å². The van der Waals surface area contributed by atoms with E-state index >= 15 is 0 Å². The molecule has 0 unspecified atom stereocenters. The van der Waals surface area contributed by atoms with E-state index in [-0.39, 0.29) is 0 Å². The summed E-state index contributed by atoms with van der Waals surface area (Å²) in [4.78, 5) is 17.5. The molecule has 0 radical (unpaired) electrons. The molecule has 23 heavy (non-hydrogen) atoms. The maximum Gasteiger partial charge on any atom is 0.366 e. The van der Waals surface area contributed by atoms with Crippen molar-refractivity contribution in [3.63, 3.8) is 0 Å². The lowest BCUT2D eigenvalue weighted by Crippen LogP contribution is -2.04. The van der Waals surface area contributed by atoms with E-state index in [1.54, 1.807) is 6.07 Å². The first-order valence-corrected chi connectivity index (χ1v) is 7.46. The van der Waals surface area contributed by atoms with Crippen molar-refractivity contribution in [2.24, 2.45) is 5.16 Å². The van der Waals surface area contributed by atoms with Crippen LogP contribution in [0.1, 0.15) is 28.4 Å². The van der Waals surface area contributed by atoms with Crippen LogP contribution in [0, 0.1) is 6.92 Å². The highest BCUT2D eigenvalue weighted by Crippen LogP contribution is 2.19. The summed E-state index contributed by atoms with van der Waals surface area (Å²) in [6.45, 7) is 3.85. The molecule has 3 aromatic rings. The summed E-state index contributed by atoms with van der Waals surface area (Å²) in [6, 6.07) is 21.2. The number of fused-ring (bicyclic) bond motifs is 1. The third kappa shape index (κ3) is 3.29. The minimum Gasteiger partial charge on any atom is -0.313 e. The molecule has 0 aliphatic rings. The molecule has 114 valence electrons. The number of oxime groups is 1. The van der Waals surface area contributed by atoms with Crippen LogP contribution >= 0.6 is 0 Å². The second kappa shape index (κ2) is 6.44. The molecule has 0 N–H and O–H groups in total. The van der Waals surface area contributed by atoms with Crippen molar-refractivity contribution < 1.29 is 9.63 Å². The van der Waals surface area contributed by atoms with Gasteiger partial charge in [0.15, 0.2) is 0 Å². The standard InChI is InChI=1S/C20H17NO2/c1-14-10-12-16(13-11-14)15(2)21-23-20(22)19-9-5-7-17-6-3-4-8-18(17)19/h3-13H,1-2H3/b21-15-. The second-order valence-corrected chi connectivity index (χ2v) is 5.45. The van der Waals surface area contributed by atoms with Crippen LogP contribution in [0.2, 0.25) is 0 Å². The molecule has 0 aromatic heterocycles. The van der Waals surface area contributed by atoms with Crippen LogP contribution < -0.4 is 0 Å². The molecule has 3 rings (SSSR count). The zero-order chi connectivity index (χ0) is 16.2. The fourth-order valence-electron chi connectivity index (χ4n) is 2.41. The van der Waals surface area contributed by atoms with Crippen molar-refractivity contribution in [2.45, 2.75) is 13.8 Å². The zero-order valence-corrected chi connectivity index (χ0v) is 13.1. The average Bonchev–Trinajstić information content (AvgIpc) is 2.59. The van der Waals surface area contributed by atoms with E-state index in [9.17, 15) is 4.79 Å². The van der Waals surface area contributed by atoms with Crippen LogP contribution in [0.25, 0.3) is 10.8 Å². The first kappa shape index (κ1) is 15.0. The molecular weight excluding hydrogens is 286 g/mol. The number of rotatable bonds is 3. The van der Waals surface area contributed by atoms with Crippen molar-refractivity contribution >= 4 is 22.5 Å². The number of hydrogen-bond donors (Lipinski definition) is 0. The monoisotopic (exact) mass is 303 g/mol. The maximum atomic E-state index is 12.3. The van der Waals surface area contributed by atoms with Gasteiger partial charge in [-0.15, -0.1) is 0 Å². The van der Waals surface area contributed by atoms with Crippen molar-refractivity contribution in [3.8, 4) is 0 Å². The van der Waals surface area contributed by atoms with E-state index in [1.807, 2.05) is 74.5 Å². The maximum absolute atomic E-state index is 12.3. The smallest absolute Gasteiger partial charge is 0.313 e. The fourth-order valence-corrected chi connectivity index (χ4v) is 2.41. The van der Waals surface area contributed by atoms with Gasteiger partial charge in [-0.05, 0) is 36.2 Å². The normalized spacial score (nSPS) is 11.5.